The number of para-hydroxylation sites is 1. The molecule has 142 valence electrons. The summed E-state index contributed by atoms with van der Waals surface area (Å²) < 4.78 is 13.9. The minimum atomic E-state index is 0.328. The van der Waals surface area contributed by atoms with Crippen LogP contribution in [-0.2, 0) is 11.3 Å². The van der Waals surface area contributed by atoms with Crippen molar-refractivity contribution < 1.29 is 9.47 Å². The molecule has 5 nitrogen and oxygen atoms in total. The summed E-state index contributed by atoms with van der Waals surface area (Å²) in [5, 5.41) is 10.4. The van der Waals surface area contributed by atoms with Crippen LogP contribution in [0.5, 0.6) is 5.75 Å². The number of aromatic nitrogens is 3. The number of ether oxygens (including phenoxy) is 2. The van der Waals surface area contributed by atoms with Crippen LogP contribution < -0.4 is 4.74 Å². The first kappa shape index (κ1) is 19.5. The van der Waals surface area contributed by atoms with Gasteiger partial charge in [0.25, 0.3) is 0 Å². The second-order valence-electron chi connectivity index (χ2n) is 6.40. The predicted octanol–water partition coefficient (Wildman–Crippen LogP) is 5.14. The number of hydrogen-bond acceptors (Lipinski definition) is 5. The molecule has 1 aromatic carbocycles. The zero-order chi connectivity index (χ0) is 18.4. The van der Waals surface area contributed by atoms with Crippen molar-refractivity contribution in [1.29, 1.82) is 0 Å². The first-order chi connectivity index (χ1) is 12.7. The third-order valence-corrected chi connectivity index (χ3v) is 6.05. The normalized spacial score (nSPS) is 17.2. The Bertz CT molecular complexity index is 700. The molecule has 1 aliphatic heterocycles. The number of benzene rings is 1. The molecule has 1 unspecified atom stereocenters. The number of nitrogens with zero attached hydrogens (tertiary/aromatic N) is 3. The predicted molar refractivity (Wildman–Crippen MR) is 105 cm³/mol. The molecule has 1 fully saturated rings. The van der Waals surface area contributed by atoms with Crippen molar-refractivity contribution in [3.8, 4) is 5.75 Å². The van der Waals surface area contributed by atoms with E-state index in [0.29, 0.717) is 29.5 Å². The highest BCUT2D eigenvalue weighted by atomic mass is 35.5. The molecule has 0 N–H and O–H groups in total. The van der Waals surface area contributed by atoms with Crippen molar-refractivity contribution in [2.45, 2.75) is 63.4 Å². The summed E-state index contributed by atoms with van der Waals surface area (Å²) in [6.07, 6.45) is 4.67. The van der Waals surface area contributed by atoms with Gasteiger partial charge in [0.2, 0.25) is 0 Å². The van der Waals surface area contributed by atoms with Crippen LogP contribution in [-0.4, -0.2) is 33.2 Å². The van der Waals surface area contributed by atoms with Crippen LogP contribution in [0.25, 0.3) is 0 Å². The molecule has 0 saturated carbocycles. The lowest BCUT2D eigenvalue weighted by Crippen LogP contribution is -2.15. The van der Waals surface area contributed by atoms with Gasteiger partial charge in [-0.3, -0.25) is 0 Å². The molecule has 3 rings (SSSR count). The van der Waals surface area contributed by atoms with Crippen LogP contribution in [0.15, 0.2) is 29.4 Å². The van der Waals surface area contributed by atoms with Crippen LogP contribution in [0.3, 0.4) is 0 Å². The van der Waals surface area contributed by atoms with E-state index in [4.69, 9.17) is 21.1 Å². The Balaban J connectivity index is 1.74. The molecule has 1 aromatic heterocycles. The standard InChI is InChI=1S/C19H26ClN3O2S/c1-3-14(4-2)23-18(12-25-17-10-6-5-9-16(17)20)21-22-19(23)26-13-15-8-7-11-24-15/h5-6,9-10,14-15H,3-4,7-8,11-13H2,1-2H3. The largest absolute Gasteiger partial charge is 0.484 e. The van der Waals surface area contributed by atoms with Crippen LogP contribution in [0.1, 0.15) is 51.4 Å². The van der Waals surface area contributed by atoms with Gasteiger partial charge in [0.15, 0.2) is 11.0 Å². The highest BCUT2D eigenvalue weighted by Crippen LogP contribution is 2.29. The third kappa shape index (κ3) is 4.72. The van der Waals surface area contributed by atoms with E-state index in [0.717, 1.165) is 49.0 Å². The van der Waals surface area contributed by atoms with E-state index in [1.54, 1.807) is 11.8 Å². The molecule has 7 heteroatoms. The van der Waals surface area contributed by atoms with Gasteiger partial charge in [-0.25, -0.2) is 0 Å². The quantitative estimate of drug-likeness (QED) is 0.550. The first-order valence-corrected chi connectivity index (χ1v) is 10.6. The van der Waals surface area contributed by atoms with E-state index in [9.17, 15) is 0 Å². The number of thioether (sulfide) groups is 1. The molecule has 1 atom stereocenters. The Morgan fingerprint density at radius 3 is 2.81 bits per heavy atom. The Labute approximate surface area is 164 Å². The van der Waals surface area contributed by atoms with Crippen molar-refractivity contribution in [2.24, 2.45) is 0 Å². The van der Waals surface area contributed by atoms with E-state index >= 15 is 0 Å². The topological polar surface area (TPSA) is 49.2 Å². The average Bonchev–Trinajstić information content (AvgIpc) is 3.31. The van der Waals surface area contributed by atoms with Gasteiger partial charge >= 0.3 is 0 Å². The van der Waals surface area contributed by atoms with Gasteiger partial charge in [0.1, 0.15) is 12.4 Å². The summed E-state index contributed by atoms with van der Waals surface area (Å²) >= 11 is 7.92. The molecular formula is C19H26ClN3O2S. The molecule has 1 aliphatic rings. The van der Waals surface area contributed by atoms with E-state index < -0.39 is 0 Å². The molecule has 26 heavy (non-hydrogen) atoms. The lowest BCUT2D eigenvalue weighted by Gasteiger charge is -2.20. The van der Waals surface area contributed by atoms with Crippen molar-refractivity contribution in [3.63, 3.8) is 0 Å². The molecule has 0 bridgehead atoms. The first-order valence-electron chi connectivity index (χ1n) is 9.28. The lowest BCUT2D eigenvalue weighted by molar-refractivity contribution is 0.129. The van der Waals surface area contributed by atoms with E-state index in [1.807, 2.05) is 24.3 Å². The Morgan fingerprint density at radius 1 is 1.31 bits per heavy atom. The Hall–Kier alpha value is -1.24. The fourth-order valence-electron chi connectivity index (χ4n) is 3.17. The van der Waals surface area contributed by atoms with Gasteiger partial charge in [-0.2, -0.15) is 0 Å². The summed E-state index contributed by atoms with van der Waals surface area (Å²) in [6.45, 7) is 5.62. The van der Waals surface area contributed by atoms with E-state index in [-0.39, 0.29) is 0 Å². The summed E-state index contributed by atoms with van der Waals surface area (Å²) in [6, 6.07) is 7.86. The summed E-state index contributed by atoms with van der Waals surface area (Å²) in [7, 11) is 0. The average molecular weight is 396 g/mol. The number of halogens is 1. The highest BCUT2D eigenvalue weighted by Gasteiger charge is 2.22. The van der Waals surface area contributed by atoms with Gasteiger partial charge in [0, 0.05) is 18.4 Å². The van der Waals surface area contributed by atoms with Gasteiger partial charge in [-0.15, -0.1) is 10.2 Å². The van der Waals surface area contributed by atoms with Crippen molar-refractivity contribution in [1.82, 2.24) is 14.8 Å². The van der Waals surface area contributed by atoms with Crippen molar-refractivity contribution in [2.75, 3.05) is 12.4 Å². The Morgan fingerprint density at radius 2 is 2.12 bits per heavy atom. The molecule has 1 saturated heterocycles. The van der Waals surface area contributed by atoms with Crippen molar-refractivity contribution in [3.05, 3.63) is 35.1 Å². The SMILES string of the molecule is CCC(CC)n1c(COc2ccccc2Cl)nnc1SCC1CCCO1. The van der Waals surface area contributed by atoms with Gasteiger partial charge in [0.05, 0.1) is 11.1 Å². The fraction of sp³-hybridized carbons (Fsp3) is 0.579. The van der Waals surface area contributed by atoms with Gasteiger partial charge < -0.3 is 14.0 Å². The molecule has 0 radical (unpaired) electrons. The second-order valence-corrected chi connectivity index (χ2v) is 7.80. The maximum atomic E-state index is 6.19. The second kappa shape index (κ2) is 9.62. The lowest BCUT2D eigenvalue weighted by atomic mass is 10.2. The maximum Gasteiger partial charge on any atom is 0.191 e. The van der Waals surface area contributed by atoms with Crippen LogP contribution in [0.2, 0.25) is 5.02 Å². The summed E-state index contributed by atoms with van der Waals surface area (Å²) in [5.74, 6) is 2.43. The molecule has 0 aliphatic carbocycles. The van der Waals surface area contributed by atoms with Gasteiger partial charge in [-0.05, 0) is 37.8 Å². The third-order valence-electron chi connectivity index (χ3n) is 4.66. The molecular weight excluding hydrogens is 370 g/mol. The smallest absolute Gasteiger partial charge is 0.191 e. The van der Waals surface area contributed by atoms with Crippen LogP contribution in [0.4, 0.5) is 0 Å². The number of rotatable bonds is 9. The molecule has 0 amide bonds. The summed E-state index contributed by atoms with van der Waals surface area (Å²) in [4.78, 5) is 0. The van der Waals surface area contributed by atoms with Crippen molar-refractivity contribution >= 4 is 23.4 Å². The fourth-order valence-corrected chi connectivity index (χ4v) is 4.45. The number of hydrogen-bond donors (Lipinski definition) is 0. The molecule has 2 aromatic rings. The minimum absolute atomic E-state index is 0.328. The zero-order valence-electron chi connectivity index (χ0n) is 15.4. The Kier molecular flexibility index (Phi) is 7.23. The molecule has 0 spiro atoms. The van der Waals surface area contributed by atoms with Gasteiger partial charge in [-0.1, -0.05) is 49.3 Å². The zero-order valence-corrected chi connectivity index (χ0v) is 16.9. The van der Waals surface area contributed by atoms with Crippen LogP contribution in [0, 0.1) is 0 Å². The molecule has 2 heterocycles. The van der Waals surface area contributed by atoms with E-state index in [1.165, 1.54) is 0 Å². The van der Waals surface area contributed by atoms with E-state index in [2.05, 4.69) is 28.6 Å². The van der Waals surface area contributed by atoms with Crippen LogP contribution >= 0.6 is 23.4 Å². The minimum Gasteiger partial charge on any atom is -0.484 e. The highest BCUT2D eigenvalue weighted by molar-refractivity contribution is 7.99. The monoisotopic (exact) mass is 395 g/mol. The summed E-state index contributed by atoms with van der Waals surface area (Å²) in [5.41, 5.74) is 0. The maximum absolute atomic E-state index is 6.19.